The Morgan fingerprint density at radius 1 is 1.00 bits per heavy atom. The summed E-state index contributed by atoms with van der Waals surface area (Å²) in [7, 11) is 0. The highest BCUT2D eigenvalue weighted by molar-refractivity contribution is 14.1. The van der Waals surface area contributed by atoms with E-state index in [-0.39, 0.29) is 16.1 Å². The van der Waals surface area contributed by atoms with Crippen molar-refractivity contribution in [3.63, 3.8) is 0 Å². The van der Waals surface area contributed by atoms with Crippen LogP contribution in [-0.4, -0.2) is 15.0 Å². The number of hydrogen-bond donors (Lipinski definition) is 0. The third-order valence-electron chi connectivity index (χ3n) is 1.79. The topological polar surface area (TPSA) is 38.7 Å². The molecule has 2 heterocycles. The highest BCUT2D eigenvalue weighted by Crippen LogP contribution is 2.30. The molecule has 0 amide bonds. The van der Waals surface area contributed by atoms with Crippen molar-refractivity contribution in [1.82, 2.24) is 15.0 Å². The summed E-state index contributed by atoms with van der Waals surface area (Å²) in [6.07, 6.45) is 1.45. The molecule has 2 aromatic rings. The van der Waals surface area contributed by atoms with Gasteiger partial charge in [-0.05, 0) is 28.7 Å². The Hall–Kier alpha value is 0.120. The van der Waals surface area contributed by atoms with Gasteiger partial charge in [-0.25, -0.2) is 15.0 Å². The van der Waals surface area contributed by atoms with Gasteiger partial charge in [0.15, 0.2) is 5.82 Å². The molecule has 3 nitrogen and oxygen atoms in total. The molecule has 0 saturated carbocycles. The Labute approximate surface area is 131 Å². The molecule has 0 saturated heterocycles. The first-order valence-corrected chi connectivity index (χ1v) is 6.78. The Kier molecular flexibility index (Phi) is 4.31. The Bertz CT molecular complexity index is 567. The molecule has 2 rings (SSSR count). The first kappa shape index (κ1) is 13.5. The van der Waals surface area contributed by atoms with Gasteiger partial charge >= 0.3 is 0 Å². The largest absolute Gasteiger partial charge is 0.250 e. The highest BCUT2D eigenvalue weighted by atomic mass is 127. The van der Waals surface area contributed by atoms with Gasteiger partial charge < -0.3 is 0 Å². The van der Waals surface area contributed by atoms with Crippen LogP contribution < -0.4 is 0 Å². The van der Waals surface area contributed by atoms with Gasteiger partial charge in [0.2, 0.25) is 0 Å². The van der Waals surface area contributed by atoms with Crippen LogP contribution >= 0.6 is 69.0 Å². The Morgan fingerprint density at radius 3 is 2.12 bits per heavy atom. The molecule has 0 aromatic carbocycles. The molecule has 88 valence electrons. The van der Waals surface area contributed by atoms with E-state index in [1.165, 1.54) is 6.20 Å². The molecule has 17 heavy (non-hydrogen) atoms. The average Bonchev–Trinajstić information content (AvgIpc) is 2.25. The SMILES string of the molecule is Clc1cnc(-c2nc(Cl)c(I)c(Cl)n2)c(Cl)c1. The normalized spacial score (nSPS) is 10.6. The van der Waals surface area contributed by atoms with Gasteiger partial charge in [0.05, 0.1) is 13.6 Å². The molecule has 2 aromatic heterocycles. The molecule has 0 atom stereocenters. The van der Waals surface area contributed by atoms with E-state index in [1.807, 2.05) is 22.6 Å². The summed E-state index contributed by atoms with van der Waals surface area (Å²) in [6.45, 7) is 0. The third kappa shape index (κ3) is 2.93. The molecule has 0 radical (unpaired) electrons. The number of rotatable bonds is 1. The summed E-state index contributed by atoms with van der Waals surface area (Å²) in [6, 6.07) is 1.55. The summed E-state index contributed by atoms with van der Waals surface area (Å²) >= 11 is 25.5. The predicted molar refractivity (Wildman–Crippen MR) is 78.0 cm³/mol. The zero-order valence-electron chi connectivity index (χ0n) is 7.89. The number of pyridine rings is 1. The number of aromatic nitrogens is 3. The number of nitrogens with zero attached hydrogens (tertiary/aromatic N) is 3. The van der Waals surface area contributed by atoms with Gasteiger partial charge in [0, 0.05) is 6.20 Å². The van der Waals surface area contributed by atoms with E-state index in [9.17, 15) is 0 Å². The highest BCUT2D eigenvalue weighted by Gasteiger charge is 2.14. The number of hydrogen-bond acceptors (Lipinski definition) is 3. The van der Waals surface area contributed by atoms with E-state index in [1.54, 1.807) is 6.07 Å². The number of halogens is 5. The van der Waals surface area contributed by atoms with E-state index in [0.29, 0.717) is 19.3 Å². The maximum absolute atomic E-state index is 5.99. The average molecular weight is 421 g/mol. The van der Waals surface area contributed by atoms with Gasteiger partial charge in [-0.2, -0.15) is 0 Å². The van der Waals surface area contributed by atoms with Crippen molar-refractivity contribution in [2.45, 2.75) is 0 Å². The van der Waals surface area contributed by atoms with Crippen LogP contribution in [0.1, 0.15) is 0 Å². The standard InChI is InChI=1S/C9H2Cl4IN3/c10-3-1-4(11)6(15-2-3)9-16-7(12)5(14)8(13)17-9/h1-2H. The molecule has 0 N–H and O–H groups in total. The van der Waals surface area contributed by atoms with Crippen molar-refractivity contribution in [1.29, 1.82) is 0 Å². The van der Waals surface area contributed by atoms with Crippen LogP contribution in [0.3, 0.4) is 0 Å². The molecule has 0 bridgehead atoms. The third-order valence-corrected chi connectivity index (χ3v) is 4.49. The van der Waals surface area contributed by atoms with Crippen LogP contribution in [0.4, 0.5) is 0 Å². The monoisotopic (exact) mass is 419 g/mol. The lowest BCUT2D eigenvalue weighted by Crippen LogP contribution is -1.96. The Morgan fingerprint density at radius 2 is 1.59 bits per heavy atom. The van der Waals surface area contributed by atoms with Crippen molar-refractivity contribution in [2.24, 2.45) is 0 Å². The zero-order valence-corrected chi connectivity index (χ0v) is 13.1. The van der Waals surface area contributed by atoms with Gasteiger partial charge in [-0.15, -0.1) is 0 Å². The van der Waals surface area contributed by atoms with Crippen LogP contribution in [0.2, 0.25) is 20.4 Å². The van der Waals surface area contributed by atoms with Crippen molar-refractivity contribution in [3.05, 3.63) is 36.2 Å². The molecular weight excluding hydrogens is 419 g/mol. The summed E-state index contributed by atoms with van der Waals surface area (Å²) < 4.78 is 0.583. The fraction of sp³-hybridized carbons (Fsp3) is 0. The molecule has 0 spiro atoms. The maximum atomic E-state index is 5.99. The first-order chi connectivity index (χ1) is 7.99. The fourth-order valence-electron chi connectivity index (χ4n) is 1.08. The van der Waals surface area contributed by atoms with E-state index in [2.05, 4.69) is 15.0 Å². The first-order valence-electron chi connectivity index (χ1n) is 4.19. The van der Waals surface area contributed by atoms with Crippen LogP contribution in [-0.2, 0) is 0 Å². The van der Waals surface area contributed by atoms with Crippen molar-refractivity contribution < 1.29 is 0 Å². The quantitative estimate of drug-likeness (QED) is 0.493. The second-order valence-electron chi connectivity index (χ2n) is 2.93. The van der Waals surface area contributed by atoms with Gasteiger partial charge in [-0.3, -0.25) is 0 Å². The van der Waals surface area contributed by atoms with E-state index in [4.69, 9.17) is 46.4 Å². The van der Waals surface area contributed by atoms with Crippen molar-refractivity contribution in [2.75, 3.05) is 0 Å². The lowest BCUT2D eigenvalue weighted by Gasteiger charge is -2.05. The molecule has 0 unspecified atom stereocenters. The molecule has 8 heteroatoms. The van der Waals surface area contributed by atoms with Crippen LogP contribution in [0.15, 0.2) is 12.3 Å². The summed E-state index contributed by atoms with van der Waals surface area (Å²) in [4.78, 5) is 12.2. The smallest absolute Gasteiger partial charge is 0.182 e. The predicted octanol–water partition coefficient (Wildman–Crippen LogP) is 4.76. The molecule has 0 fully saturated rings. The van der Waals surface area contributed by atoms with Crippen molar-refractivity contribution in [3.8, 4) is 11.5 Å². The van der Waals surface area contributed by atoms with E-state index >= 15 is 0 Å². The fourth-order valence-corrected chi connectivity index (χ4v) is 2.17. The van der Waals surface area contributed by atoms with Crippen LogP contribution in [0, 0.1) is 3.57 Å². The minimum atomic E-state index is 0.258. The Balaban J connectivity index is 2.61. The minimum absolute atomic E-state index is 0.258. The summed E-state index contributed by atoms with van der Waals surface area (Å²) in [5, 5.41) is 1.29. The van der Waals surface area contributed by atoms with Crippen LogP contribution in [0.5, 0.6) is 0 Å². The lowest BCUT2D eigenvalue weighted by molar-refractivity contribution is 1.13. The second kappa shape index (κ2) is 5.40. The van der Waals surface area contributed by atoms with Crippen LogP contribution in [0.25, 0.3) is 11.5 Å². The lowest BCUT2D eigenvalue weighted by atomic mass is 10.3. The maximum Gasteiger partial charge on any atom is 0.182 e. The van der Waals surface area contributed by atoms with Gasteiger partial charge in [-0.1, -0.05) is 46.4 Å². The summed E-state index contributed by atoms with van der Waals surface area (Å²) in [5.74, 6) is 0.266. The molecule has 0 aliphatic heterocycles. The van der Waals surface area contributed by atoms with Crippen molar-refractivity contribution >= 4 is 69.0 Å². The van der Waals surface area contributed by atoms with Gasteiger partial charge in [0.25, 0.3) is 0 Å². The van der Waals surface area contributed by atoms with Gasteiger partial charge in [0.1, 0.15) is 16.0 Å². The molecule has 0 aliphatic carbocycles. The molecular formula is C9H2Cl4IN3. The van der Waals surface area contributed by atoms with E-state index in [0.717, 1.165) is 0 Å². The minimum Gasteiger partial charge on any atom is -0.250 e. The molecule has 0 aliphatic rings. The summed E-state index contributed by atoms with van der Waals surface area (Å²) in [5.41, 5.74) is 0.385. The van der Waals surface area contributed by atoms with E-state index < -0.39 is 0 Å². The second-order valence-corrected chi connectivity index (χ2v) is 5.57. The zero-order chi connectivity index (χ0) is 12.6.